The lowest BCUT2D eigenvalue weighted by Crippen LogP contribution is -2.07. The molecule has 0 aliphatic heterocycles. The lowest BCUT2D eigenvalue weighted by Gasteiger charge is -2.03. The van der Waals surface area contributed by atoms with Gasteiger partial charge in [-0.25, -0.2) is 4.39 Å². The van der Waals surface area contributed by atoms with E-state index in [4.69, 9.17) is 0 Å². The maximum atomic E-state index is 13.5. The average Bonchev–Trinajstić information content (AvgIpc) is 2.34. The quantitative estimate of drug-likeness (QED) is 0.757. The van der Waals surface area contributed by atoms with E-state index in [9.17, 15) is 9.18 Å². The predicted octanol–water partition coefficient (Wildman–Crippen LogP) is 4.17. The molecule has 0 amide bonds. The molecule has 0 bridgehead atoms. The van der Waals surface area contributed by atoms with E-state index in [0.29, 0.717) is 11.3 Å². The zero-order valence-corrected chi connectivity index (χ0v) is 12.3. The maximum absolute atomic E-state index is 13.5. The molecule has 0 aliphatic carbocycles. The van der Waals surface area contributed by atoms with Crippen molar-refractivity contribution in [1.29, 1.82) is 0 Å². The molecule has 18 heavy (non-hydrogen) atoms. The number of ketones is 1. The van der Waals surface area contributed by atoms with E-state index >= 15 is 0 Å². The second-order valence-electron chi connectivity index (χ2n) is 3.70. The third-order valence-corrected chi connectivity index (χ3v) is 3.33. The van der Waals surface area contributed by atoms with Crippen LogP contribution >= 0.6 is 31.9 Å². The molecule has 2 nitrogen and oxygen atoms in total. The van der Waals surface area contributed by atoms with Crippen molar-refractivity contribution in [2.45, 2.75) is 6.42 Å². The maximum Gasteiger partial charge on any atom is 0.185 e. The van der Waals surface area contributed by atoms with Crippen LogP contribution in [0.3, 0.4) is 0 Å². The third-order valence-electron chi connectivity index (χ3n) is 2.37. The first kappa shape index (κ1) is 13.4. The normalized spacial score (nSPS) is 10.4. The predicted molar refractivity (Wildman–Crippen MR) is 74.1 cm³/mol. The Balaban J connectivity index is 2.21. The summed E-state index contributed by atoms with van der Waals surface area (Å²) in [5.41, 5.74) is 0.691. The SMILES string of the molecule is O=C(Cc1cc(Br)ccc1F)c1ccc(Br)cn1. The molecule has 0 aliphatic rings. The van der Waals surface area contributed by atoms with Crippen LogP contribution in [0.25, 0.3) is 0 Å². The van der Waals surface area contributed by atoms with Gasteiger partial charge in [0.2, 0.25) is 0 Å². The van der Waals surface area contributed by atoms with Gasteiger partial charge in [0.15, 0.2) is 5.78 Å². The Morgan fingerprint density at radius 1 is 1.17 bits per heavy atom. The number of carbonyl (C=O) groups is 1. The van der Waals surface area contributed by atoms with Gasteiger partial charge in [0.05, 0.1) is 0 Å². The lowest BCUT2D eigenvalue weighted by atomic mass is 10.1. The van der Waals surface area contributed by atoms with Gasteiger partial charge in [-0.3, -0.25) is 9.78 Å². The summed E-state index contributed by atoms with van der Waals surface area (Å²) in [7, 11) is 0. The molecule has 5 heteroatoms. The van der Waals surface area contributed by atoms with Gasteiger partial charge in [-0.15, -0.1) is 0 Å². The Morgan fingerprint density at radius 2 is 1.89 bits per heavy atom. The summed E-state index contributed by atoms with van der Waals surface area (Å²) in [6.45, 7) is 0. The molecule has 1 aromatic carbocycles. The summed E-state index contributed by atoms with van der Waals surface area (Å²) < 4.78 is 15.1. The standard InChI is InChI=1S/C13H8Br2FNO/c14-9-1-3-11(16)8(5-9)6-13(18)12-4-2-10(15)7-17-12/h1-5,7H,6H2. The number of pyridine rings is 1. The molecule has 1 heterocycles. The van der Waals surface area contributed by atoms with Gasteiger partial charge < -0.3 is 0 Å². The van der Waals surface area contributed by atoms with Crippen molar-refractivity contribution in [3.05, 3.63) is 62.5 Å². The molecule has 92 valence electrons. The van der Waals surface area contributed by atoms with E-state index in [2.05, 4.69) is 36.8 Å². The van der Waals surface area contributed by atoms with Gasteiger partial charge in [0.1, 0.15) is 11.5 Å². The largest absolute Gasteiger partial charge is 0.292 e. The topological polar surface area (TPSA) is 30.0 Å². The van der Waals surface area contributed by atoms with E-state index in [1.165, 1.54) is 6.07 Å². The molecule has 0 fully saturated rings. The van der Waals surface area contributed by atoms with Crippen LogP contribution in [0, 0.1) is 5.82 Å². The zero-order valence-electron chi connectivity index (χ0n) is 9.16. The van der Waals surface area contributed by atoms with E-state index < -0.39 is 0 Å². The number of hydrogen-bond donors (Lipinski definition) is 0. The third kappa shape index (κ3) is 3.23. The monoisotopic (exact) mass is 371 g/mol. The van der Waals surface area contributed by atoms with E-state index in [-0.39, 0.29) is 18.0 Å². The van der Waals surface area contributed by atoms with Gasteiger partial charge in [0.25, 0.3) is 0 Å². The molecule has 1 aromatic heterocycles. The summed E-state index contributed by atoms with van der Waals surface area (Å²) in [5.74, 6) is -0.594. The summed E-state index contributed by atoms with van der Waals surface area (Å²) in [6, 6.07) is 7.88. The molecule has 0 saturated heterocycles. The van der Waals surface area contributed by atoms with Crippen molar-refractivity contribution < 1.29 is 9.18 Å². The van der Waals surface area contributed by atoms with Crippen molar-refractivity contribution in [2.75, 3.05) is 0 Å². The number of Topliss-reactive ketones (excluding diaryl/α,β-unsaturated/α-hetero) is 1. The summed E-state index contributed by atoms with van der Waals surface area (Å²) in [6.07, 6.45) is 1.55. The fourth-order valence-electron chi connectivity index (χ4n) is 1.48. The summed E-state index contributed by atoms with van der Waals surface area (Å²) in [5, 5.41) is 0. The first-order valence-corrected chi connectivity index (χ1v) is 6.73. The first-order chi connectivity index (χ1) is 8.56. The van der Waals surface area contributed by atoms with Gasteiger partial charge in [-0.1, -0.05) is 15.9 Å². The summed E-state index contributed by atoms with van der Waals surface area (Å²) in [4.78, 5) is 15.9. The molecular formula is C13H8Br2FNO. The number of halogens is 3. The minimum absolute atomic E-state index is 0.0000935. The van der Waals surface area contributed by atoms with Gasteiger partial charge >= 0.3 is 0 Å². The van der Waals surface area contributed by atoms with Crippen molar-refractivity contribution in [3.63, 3.8) is 0 Å². The van der Waals surface area contributed by atoms with E-state index in [1.807, 2.05) is 0 Å². The van der Waals surface area contributed by atoms with Crippen LogP contribution in [0.1, 0.15) is 16.1 Å². The molecule has 0 spiro atoms. The molecule has 0 N–H and O–H groups in total. The molecular weight excluding hydrogens is 365 g/mol. The van der Waals surface area contributed by atoms with E-state index in [1.54, 1.807) is 30.5 Å². The second kappa shape index (κ2) is 5.71. The van der Waals surface area contributed by atoms with Crippen LogP contribution in [-0.4, -0.2) is 10.8 Å². The first-order valence-electron chi connectivity index (χ1n) is 5.15. The number of benzene rings is 1. The molecule has 0 atom stereocenters. The Morgan fingerprint density at radius 3 is 2.56 bits per heavy atom. The van der Waals surface area contributed by atoms with Crippen LogP contribution in [0.4, 0.5) is 4.39 Å². The van der Waals surface area contributed by atoms with Crippen molar-refractivity contribution in [2.24, 2.45) is 0 Å². The molecule has 0 radical (unpaired) electrons. The van der Waals surface area contributed by atoms with Crippen LogP contribution < -0.4 is 0 Å². The van der Waals surface area contributed by atoms with E-state index in [0.717, 1.165) is 8.95 Å². The molecule has 0 unspecified atom stereocenters. The van der Waals surface area contributed by atoms with Crippen LogP contribution in [0.2, 0.25) is 0 Å². The van der Waals surface area contributed by atoms with Gasteiger partial charge in [0, 0.05) is 21.6 Å². The molecule has 2 rings (SSSR count). The number of carbonyl (C=O) groups excluding carboxylic acids is 1. The fourth-order valence-corrected chi connectivity index (χ4v) is 2.13. The second-order valence-corrected chi connectivity index (χ2v) is 5.53. The highest BCUT2D eigenvalue weighted by molar-refractivity contribution is 9.10. The Labute approximate surface area is 121 Å². The molecule has 2 aromatic rings. The fraction of sp³-hybridized carbons (Fsp3) is 0.0769. The smallest absolute Gasteiger partial charge is 0.185 e. The van der Waals surface area contributed by atoms with Gasteiger partial charge in [-0.05, 0) is 51.8 Å². The van der Waals surface area contributed by atoms with Gasteiger partial charge in [-0.2, -0.15) is 0 Å². The van der Waals surface area contributed by atoms with Crippen LogP contribution in [0.15, 0.2) is 45.5 Å². The number of rotatable bonds is 3. The highest BCUT2D eigenvalue weighted by atomic mass is 79.9. The van der Waals surface area contributed by atoms with Crippen molar-refractivity contribution >= 4 is 37.6 Å². The highest BCUT2D eigenvalue weighted by Gasteiger charge is 2.12. The lowest BCUT2D eigenvalue weighted by molar-refractivity contribution is 0.0987. The zero-order chi connectivity index (χ0) is 13.1. The van der Waals surface area contributed by atoms with Crippen LogP contribution in [0.5, 0.6) is 0 Å². The minimum Gasteiger partial charge on any atom is -0.292 e. The Kier molecular flexibility index (Phi) is 4.24. The number of nitrogens with zero attached hydrogens (tertiary/aromatic N) is 1. The summed E-state index contributed by atoms with van der Waals surface area (Å²) >= 11 is 6.49. The Hall–Kier alpha value is -1.07. The number of aromatic nitrogens is 1. The molecule has 0 saturated carbocycles. The highest BCUT2D eigenvalue weighted by Crippen LogP contribution is 2.17. The minimum atomic E-state index is -0.385. The van der Waals surface area contributed by atoms with Crippen molar-refractivity contribution in [3.8, 4) is 0 Å². The number of hydrogen-bond acceptors (Lipinski definition) is 2. The Bertz CT molecular complexity index is 584. The average molecular weight is 373 g/mol. The van der Waals surface area contributed by atoms with Crippen molar-refractivity contribution in [1.82, 2.24) is 4.98 Å². The van der Waals surface area contributed by atoms with Crippen LogP contribution in [-0.2, 0) is 6.42 Å².